The molecule has 1 heterocycles. The van der Waals surface area contributed by atoms with Crippen LogP contribution in [0.15, 0.2) is 94.7 Å². The minimum atomic E-state index is 0. The Morgan fingerprint density at radius 2 is 0.897 bits per heavy atom. The average Bonchev–Trinajstić information content (AvgIpc) is 3.04. The van der Waals surface area contributed by atoms with Crippen molar-refractivity contribution in [1.29, 1.82) is 0 Å². The molecule has 0 saturated heterocycles. The van der Waals surface area contributed by atoms with E-state index < -0.39 is 0 Å². The summed E-state index contributed by atoms with van der Waals surface area (Å²) in [6.07, 6.45) is 0. The molecule has 4 rings (SSSR count). The van der Waals surface area contributed by atoms with Gasteiger partial charge in [0.05, 0.1) is 0 Å². The smallest absolute Gasteiger partial charge is 1.00 e. The second kappa shape index (κ2) is 15.7. The maximum atomic E-state index is 8.11. The molecule has 0 radical (unpaired) electrons. The van der Waals surface area contributed by atoms with E-state index in [0.29, 0.717) is 0 Å². The number of hydrogen-bond acceptors (Lipinski definition) is 5. The number of halogens is 2. The van der Waals surface area contributed by atoms with Gasteiger partial charge in [-0.05, 0) is 0 Å². The fraction of sp³-hybridized carbons (Fsp3) is 0. The van der Waals surface area contributed by atoms with Crippen molar-refractivity contribution >= 4 is 10.8 Å². The molecule has 3 aromatic carbocycles. The summed E-state index contributed by atoms with van der Waals surface area (Å²) in [5, 5.41) is 10.2. The Morgan fingerprint density at radius 1 is 0.621 bits per heavy atom. The van der Waals surface area contributed by atoms with Crippen LogP contribution in [0.25, 0.3) is 33.4 Å². The zero-order valence-electron chi connectivity index (χ0n) is 15.3. The van der Waals surface area contributed by atoms with Crippen molar-refractivity contribution in [2.45, 2.75) is 0 Å². The summed E-state index contributed by atoms with van der Waals surface area (Å²) in [6, 6.07) is 28.9. The van der Waals surface area contributed by atoms with Crippen LogP contribution in [0, 0.1) is 4.91 Å². The Kier molecular flexibility index (Phi) is 17.0. The number of benzene rings is 3. The Bertz CT molecular complexity index is 882. The van der Waals surface area contributed by atoms with E-state index in [2.05, 4.69) is 48.5 Å². The minimum absolute atomic E-state index is 0. The number of furan rings is 1. The zero-order valence-corrected chi connectivity index (χ0v) is 19.1. The van der Waals surface area contributed by atoms with Gasteiger partial charge in [0.2, 0.25) is 0 Å². The predicted molar refractivity (Wildman–Crippen MR) is 105 cm³/mol. The van der Waals surface area contributed by atoms with Crippen LogP contribution in [0.1, 0.15) is 0 Å². The summed E-state index contributed by atoms with van der Waals surface area (Å²) < 4.78 is 6.24. The van der Waals surface area contributed by atoms with Gasteiger partial charge in [0.15, 0.2) is 5.34 Å². The van der Waals surface area contributed by atoms with Gasteiger partial charge in [0, 0.05) is 21.9 Å². The fourth-order valence-electron chi connectivity index (χ4n) is 2.70. The number of nitrogens with zero attached hydrogens (tertiary/aromatic N) is 1. The molecule has 0 aliphatic rings. The topological polar surface area (TPSA) is 133 Å². The molecular formula is C20H21Cl2N3O3Pt+2. The summed E-state index contributed by atoms with van der Waals surface area (Å²) >= 11 is 0. The van der Waals surface area contributed by atoms with Crippen molar-refractivity contribution in [3.8, 4) is 22.6 Å². The molecule has 0 saturated carbocycles. The van der Waals surface area contributed by atoms with E-state index >= 15 is 0 Å². The van der Waals surface area contributed by atoms with Crippen molar-refractivity contribution < 1.29 is 55.5 Å². The first-order valence-electron chi connectivity index (χ1n) is 7.44. The van der Waals surface area contributed by atoms with Gasteiger partial charge < -0.3 is 46.7 Å². The summed E-state index contributed by atoms with van der Waals surface area (Å²) in [5.41, 5.74) is 2.21. The van der Waals surface area contributed by atoms with Crippen LogP contribution in [0.3, 0.4) is 0 Å². The minimum Gasteiger partial charge on any atom is -1.00 e. The second-order valence-electron chi connectivity index (χ2n) is 5.12. The largest absolute Gasteiger partial charge is 4.00 e. The first-order chi connectivity index (χ1) is 11.8. The Labute approximate surface area is 195 Å². The van der Waals surface area contributed by atoms with Crippen LogP contribution in [0.4, 0.5) is 0 Å². The first kappa shape index (κ1) is 31.5. The SMILES string of the molecule is N.N.O=NO.[Cl-].[Cl-].[Pt+4].c1ccc(-c2oc(-c3ccccc3)c3ccccc23)cc1. The van der Waals surface area contributed by atoms with Crippen molar-refractivity contribution in [3.63, 3.8) is 0 Å². The van der Waals surface area contributed by atoms with Crippen molar-refractivity contribution in [2.24, 2.45) is 5.34 Å². The Hall–Kier alpha value is -2.21. The molecule has 1 aromatic heterocycles. The molecule has 0 fully saturated rings. The van der Waals surface area contributed by atoms with Gasteiger partial charge in [0.25, 0.3) is 0 Å². The van der Waals surface area contributed by atoms with Gasteiger partial charge in [-0.1, -0.05) is 84.9 Å². The van der Waals surface area contributed by atoms with Crippen LogP contribution >= 0.6 is 0 Å². The first-order valence-corrected chi connectivity index (χ1v) is 7.44. The third-order valence-electron chi connectivity index (χ3n) is 3.69. The van der Waals surface area contributed by atoms with Crippen LogP contribution in [0.2, 0.25) is 0 Å². The van der Waals surface area contributed by atoms with Crippen molar-refractivity contribution in [2.75, 3.05) is 0 Å². The number of rotatable bonds is 2. The molecular weight excluding hydrogens is 596 g/mol. The summed E-state index contributed by atoms with van der Waals surface area (Å²) in [6.45, 7) is 0. The molecule has 9 heteroatoms. The molecule has 6 nitrogen and oxygen atoms in total. The summed E-state index contributed by atoms with van der Waals surface area (Å²) in [5.74, 6) is 1.87. The molecule has 0 spiro atoms. The van der Waals surface area contributed by atoms with Gasteiger partial charge in [-0.3, -0.25) is 0 Å². The normalized spacial score (nSPS) is 8.28. The van der Waals surface area contributed by atoms with Crippen molar-refractivity contribution in [1.82, 2.24) is 12.3 Å². The molecule has 156 valence electrons. The summed E-state index contributed by atoms with van der Waals surface area (Å²) in [7, 11) is 0. The van der Waals surface area contributed by atoms with Gasteiger partial charge in [-0.25, -0.2) is 0 Å². The number of hydrogen-bond donors (Lipinski definition) is 3. The quantitative estimate of drug-likeness (QED) is 0.219. The van der Waals surface area contributed by atoms with Crippen LogP contribution < -0.4 is 37.1 Å². The fourth-order valence-corrected chi connectivity index (χ4v) is 2.70. The molecule has 7 N–H and O–H groups in total. The maximum Gasteiger partial charge on any atom is 4.00 e. The average molecular weight is 617 g/mol. The van der Waals surface area contributed by atoms with Gasteiger partial charge in [-0.15, -0.1) is 4.91 Å². The van der Waals surface area contributed by atoms with Gasteiger partial charge in [0.1, 0.15) is 11.5 Å². The molecule has 29 heavy (non-hydrogen) atoms. The number of fused-ring (bicyclic) bond motifs is 1. The van der Waals surface area contributed by atoms with Crippen LogP contribution in [-0.2, 0) is 21.1 Å². The van der Waals surface area contributed by atoms with E-state index in [1.165, 1.54) is 5.34 Å². The third kappa shape index (κ3) is 7.27. The van der Waals surface area contributed by atoms with E-state index in [4.69, 9.17) is 14.5 Å². The second-order valence-corrected chi connectivity index (χ2v) is 5.12. The molecule has 0 amide bonds. The van der Waals surface area contributed by atoms with Crippen LogP contribution in [0.5, 0.6) is 0 Å². The van der Waals surface area contributed by atoms with E-state index in [9.17, 15) is 0 Å². The maximum absolute atomic E-state index is 8.11. The van der Waals surface area contributed by atoms with E-state index in [0.717, 1.165) is 33.4 Å². The molecule has 0 unspecified atom stereocenters. The third-order valence-corrected chi connectivity index (χ3v) is 3.69. The monoisotopic (exact) mass is 616 g/mol. The van der Waals surface area contributed by atoms with Gasteiger partial charge in [-0.2, -0.15) is 0 Å². The van der Waals surface area contributed by atoms with E-state index in [-0.39, 0.29) is 58.2 Å². The molecule has 0 bridgehead atoms. The molecule has 0 aliphatic carbocycles. The van der Waals surface area contributed by atoms with Crippen molar-refractivity contribution in [3.05, 3.63) is 89.8 Å². The standard InChI is InChI=1S/C20H14O.2ClH.HNO2.2H3N.Pt/c1-3-9-15(10-4-1)19-17-13-7-8-14-18(17)20(21-19)16-11-5-2-6-12-16;;;2-1-3;;;/h1-14H;2*1H;(H,2,3);2*1H3;/q;;;;;;+4/p-2. The zero-order chi connectivity index (χ0) is 16.8. The van der Waals surface area contributed by atoms with E-state index in [1.54, 1.807) is 0 Å². The van der Waals surface area contributed by atoms with E-state index in [1.807, 2.05) is 36.4 Å². The van der Waals surface area contributed by atoms with Crippen LogP contribution in [-0.4, -0.2) is 5.21 Å². The molecule has 4 aromatic rings. The summed E-state index contributed by atoms with van der Waals surface area (Å²) in [4.78, 5) is 8.11. The van der Waals surface area contributed by atoms with Gasteiger partial charge >= 0.3 is 21.1 Å². The molecule has 0 aliphatic heterocycles. The Balaban J connectivity index is -0.000000800. The predicted octanol–water partition coefficient (Wildman–Crippen LogP) is 0.238. The molecule has 0 atom stereocenters. The Morgan fingerprint density at radius 3 is 1.21 bits per heavy atom.